The van der Waals surface area contributed by atoms with Crippen LogP contribution in [-0.4, -0.2) is 15.9 Å². The number of thiazole rings is 2. The van der Waals surface area contributed by atoms with Crippen molar-refractivity contribution in [2.24, 2.45) is 0 Å². The Morgan fingerprint density at radius 1 is 1.55 bits per heavy atom. The number of aryl methyl sites for hydroxylation is 1. The summed E-state index contributed by atoms with van der Waals surface area (Å²) in [6.45, 7) is 4.04. The number of carbonyl (C=O) groups excluding carboxylic acids is 1. The molecule has 1 amide bonds. The minimum absolute atomic E-state index is 0.0405. The number of aromatic nitrogens is 2. The van der Waals surface area contributed by atoms with Crippen LogP contribution in [0.15, 0.2) is 11.6 Å². The summed E-state index contributed by atoms with van der Waals surface area (Å²) in [6, 6.07) is -0.0692. The van der Waals surface area contributed by atoms with Crippen LogP contribution in [0.4, 0.5) is 0 Å². The van der Waals surface area contributed by atoms with Gasteiger partial charge in [0.05, 0.1) is 24.0 Å². The number of carbonyl (C=O) groups is 1. The van der Waals surface area contributed by atoms with Crippen LogP contribution in [0.5, 0.6) is 0 Å². The summed E-state index contributed by atoms with van der Waals surface area (Å²) in [5.41, 5.74) is 0.819. The first kappa shape index (κ1) is 15.4. The largest absolute Gasteiger partial charge is 0.347 e. The quantitative estimate of drug-likeness (QED) is 0.827. The Hall–Kier alpha value is -0.980. The Morgan fingerprint density at radius 2 is 2.35 bits per heavy atom. The van der Waals surface area contributed by atoms with Gasteiger partial charge in [0.25, 0.3) is 0 Å². The molecule has 1 N–H and O–H groups in total. The lowest BCUT2D eigenvalue weighted by Crippen LogP contribution is -2.28. The van der Waals surface area contributed by atoms with E-state index in [1.165, 1.54) is 16.2 Å². The molecule has 1 atom stereocenters. The number of alkyl halides is 1. The molecule has 0 aromatic carbocycles. The van der Waals surface area contributed by atoms with Crippen molar-refractivity contribution in [1.82, 2.24) is 15.3 Å². The molecule has 1 unspecified atom stereocenters. The molecule has 0 spiro atoms. The van der Waals surface area contributed by atoms with Gasteiger partial charge in [0.15, 0.2) is 0 Å². The van der Waals surface area contributed by atoms with Crippen molar-refractivity contribution in [3.8, 4) is 0 Å². The van der Waals surface area contributed by atoms with Crippen LogP contribution in [0.1, 0.15) is 40.5 Å². The minimum atomic E-state index is -0.0692. The van der Waals surface area contributed by atoms with Crippen LogP contribution in [0.2, 0.25) is 0 Å². The molecule has 2 aromatic rings. The van der Waals surface area contributed by atoms with E-state index in [0.29, 0.717) is 5.88 Å². The fourth-order valence-electron chi connectivity index (χ4n) is 1.67. The number of nitrogens with zero attached hydrogens (tertiary/aromatic N) is 2. The van der Waals surface area contributed by atoms with Gasteiger partial charge in [0.2, 0.25) is 5.91 Å². The van der Waals surface area contributed by atoms with Crippen LogP contribution in [0.25, 0.3) is 0 Å². The van der Waals surface area contributed by atoms with Crippen molar-refractivity contribution < 1.29 is 4.79 Å². The molecule has 2 aromatic heterocycles. The number of rotatable bonds is 6. The average molecular weight is 330 g/mol. The summed E-state index contributed by atoms with van der Waals surface area (Å²) in [6.07, 6.45) is 3.13. The van der Waals surface area contributed by atoms with Gasteiger partial charge >= 0.3 is 0 Å². The molecule has 0 aliphatic rings. The second-order valence-electron chi connectivity index (χ2n) is 4.35. The zero-order chi connectivity index (χ0) is 14.5. The van der Waals surface area contributed by atoms with E-state index in [2.05, 4.69) is 22.2 Å². The van der Waals surface area contributed by atoms with Gasteiger partial charge in [-0.1, -0.05) is 6.92 Å². The van der Waals surface area contributed by atoms with Crippen LogP contribution in [0, 0.1) is 0 Å². The summed E-state index contributed by atoms with van der Waals surface area (Å²) in [7, 11) is 0. The second-order valence-corrected chi connectivity index (χ2v) is 6.71. The van der Waals surface area contributed by atoms with Crippen molar-refractivity contribution in [2.45, 2.75) is 38.6 Å². The van der Waals surface area contributed by atoms with E-state index in [0.717, 1.165) is 22.1 Å². The Balaban J connectivity index is 1.90. The molecule has 2 heterocycles. The van der Waals surface area contributed by atoms with Gasteiger partial charge in [-0.3, -0.25) is 4.79 Å². The molecule has 0 saturated heterocycles. The lowest BCUT2D eigenvalue weighted by molar-refractivity contribution is -0.121. The predicted molar refractivity (Wildman–Crippen MR) is 83.4 cm³/mol. The average Bonchev–Trinajstić information content (AvgIpc) is 3.06. The molecule has 0 fully saturated rings. The minimum Gasteiger partial charge on any atom is -0.347 e. The molecule has 0 aliphatic heterocycles. The summed E-state index contributed by atoms with van der Waals surface area (Å²) < 4.78 is 0. The maximum absolute atomic E-state index is 12.0. The first-order valence-corrected chi connectivity index (χ1v) is 8.58. The molecule has 0 radical (unpaired) electrons. The van der Waals surface area contributed by atoms with E-state index in [1.807, 2.05) is 18.5 Å². The topological polar surface area (TPSA) is 54.9 Å². The molecule has 0 saturated carbocycles. The molecule has 7 heteroatoms. The van der Waals surface area contributed by atoms with Crippen LogP contribution < -0.4 is 5.32 Å². The highest BCUT2D eigenvalue weighted by Crippen LogP contribution is 2.20. The maximum atomic E-state index is 12.0. The fraction of sp³-hybridized carbons (Fsp3) is 0.462. The third-order valence-corrected chi connectivity index (χ3v) is 5.21. The van der Waals surface area contributed by atoms with E-state index in [4.69, 9.17) is 11.6 Å². The molecular weight excluding hydrogens is 314 g/mol. The van der Waals surface area contributed by atoms with E-state index in [9.17, 15) is 4.79 Å². The predicted octanol–water partition coefficient (Wildman–Crippen LogP) is 3.32. The van der Waals surface area contributed by atoms with Gasteiger partial charge in [-0.2, -0.15) is 0 Å². The summed E-state index contributed by atoms with van der Waals surface area (Å²) in [5, 5.41) is 6.57. The molecule has 0 aliphatic carbocycles. The SMILES string of the molecule is CCc1cnc(C(C)NC(=O)Cc2nc(CCl)cs2)s1. The molecular formula is C13H16ClN3OS2. The molecule has 2 rings (SSSR count). The second kappa shape index (κ2) is 7.15. The van der Waals surface area contributed by atoms with Gasteiger partial charge in [-0.05, 0) is 13.3 Å². The smallest absolute Gasteiger partial charge is 0.227 e. The number of hydrogen-bond donors (Lipinski definition) is 1. The highest BCUT2D eigenvalue weighted by molar-refractivity contribution is 7.11. The third-order valence-electron chi connectivity index (χ3n) is 2.72. The van der Waals surface area contributed by atoms with Gasteiger partial charge in [0.1, 0.15) is 10.0 Å². The molecule has 108 valence electrons. The highest BCUT2D eigenvalue weighted by atomic mass is 35.5. The zero-order valence-electron chi connectivity index (χ0n) is 11.4. The number of hydrogen-bond acceptors (Lipinski definition) is 5. The van der Waals surface area contributed by atoms with Gasteiger partial charge in [-0.15, -0.1) is 34.3 Å². The number of amides is 1. The summed E-state index contributed by atoms with van der Waals surface area (Å²) >= 11 is 8.80. The first-order valence-electron chi connectivity index (χ1n) is 6.35. The Morgan fingerprint density at radius 3 is 2.95 bits per heavy atom. The summed E-state index contributed by atoms with van der Waals surface area (Å²) in [4.78, 5) is 21.8. The Labute approximate surface area is 131 Å². The summed E-state index contributed by atoms with van der Waals surface area (Å²) in [5.74, 6) is 0.342. The van der Waals surface area contributed by atoms with Crippen molar-refractivity contribution in [1.29, 1.82) is 0 Å². The van der Waals surface area contributed by atoms with Gasteiger partial charge in [-0.25, -0.2) is 9.97 Å². The van der Waals surface area contributed by atoms with Crippen LogP contribution >= 0.6 is 34.3 Å². The standard InChI is InChI=1S/C13H16ClN3OS2/c1-3-10-6-15-13(20-10)8(2)16-11(18)4-12-17-9(5-14)7-19-12/h6-8H,3-5H2,1-2H3,(H,16,18). The van der Waals surface area contributed by atoms with Gasteiger partial charge < -0.3 is 5.32 Å². The number of nitrogens with one attached hydrogen (secondary N) is 1. The van der Waals surface area contributed by atoms with E-state index in [1.54, 1.807) is 11.3 Å². The van der Waals surface area contributed by atoms with Crippen molar-refractivity contribution in [2.75, 3.05) is 0 Å². The Bertz CT molecular complexity index is 582. The van der Waals surface area contributed by atoms with Crippen LogP contribution in [0.3, 0.4) is 0 Å². The van der Waals surface area contributed by atoms with Crippen molar-refractivity contribution >= 4 is 40.2 Å². The Kier molecular flexibility index (Phi) is 5.51. The monoisotopic (exact) mass is 329 g/mol. The van der Waals surface area contributed by atoms with Crippen molar-refractivity contribution in [3.05, 3.63) is 32.2 Å². The third kappa shape index (κ3) is 4.01. The van der Waals surface area contributed by atoms with E-state index < -0.39 is 0 Å². The fourth-order valence-corrected chi connectivity index (χ4v) is 3.55. The van der Waals surface area contributed by atoms with E-state index in [-0.39, 0.29) is 18.4 Å². The molecule has 20 heavy (non-hydrogen) atoms. The molecule has 4 nitrogen and oxygen atoms in total. The lowest BCUT2D eigenvalue weighted by Gasteiger charge is -2.10. The van der Waals surface area contributed by atoms with E-state index >= 15 is 0 Å². The lowest BCUT2D eigenvalue weighted by atomic mass is 10.3. The molecule has 0 bridgehead atoms. The maximum Gasteiger partial charge on any atom is 0.227 e. The highest BCUT2D eigenvalue weighted by Gasteiger charge is 2.14. The zero-order valence-corrected chi connectivity index (χ0v) is 13.7. The van der Waals surface area contributed by atoms with Gasteiger partial charge in [0, 0.05) is 16.5 Å². The number of halogens is 1. The first-order chi connectivity index (χ1) is 9.62. The normalized spacial score (nSPS) is 12.3. The van der Waals surface area contributed by atoms with Crippen LogP contribution in [-0.2, 0) is 23.5 Å². The van der Waals surface area contributed by atoms with Crippen molar-refractivity contribution in [3.63, 3.8) is 0 Å².